The third kappa shape index (κ3) is 4.28. The lowest BCUT2D eigenvalue weighted by molar-refractivity contribution is 0.500. The van der Waals surface area contributed by atoms with Crippen LogP contribution >= 0.6 is 0 Å². The SMILES string of the molecule is CCc1ccc(S(=O)(=O)NCCc2nnc(-c3ccccn3)o2)cc1. The van der Waals surface area contributed by atoms with E-state index < -0.39 is 10.0 Å². The van der Waals surface area contributed by atoms with Gasteiger partial charge in [0, 0.05) is 19.2 Å². The highest BCUT2D eigenvalue weighted by Crippen LogP contribution is 2.15. The molecule has 3 rings (SSSR count). The van der Waals surface area contributed by atoms with E-state index in [4.69, 9.17) is 4.42 Å². The molecule has 0 spiro atoms. The van der Waals surface area contributed by atoms with Gasteiger partial charge >= 0.3 is 0 Å². The van der Waals surface area contributed by atoms with Crippen molar-refractivity contribution >= 4 is 10.0 Å². The molecule has 0 atom stereocenters. The largest absolute Gasteiger partial charge is 0.419 e. The Labute approximate surface area is 146 Å². The zero-order valence-electron chi connectivity index (χ0n) is 13.7. The molecule has 0 aliphatic rings. The summed E-state index contributed by atoms with van der Waals surface area (Å²) in [5.74, 6) is 0.665. The molecule has 0 saturated carbocycles. The maximum Gasteiger partial charge on any atom is 0.266 e. The third-order valence-corrected chi connectivity index (χ3v) is 5.10. The Morgan fingerprint density at radius 1 is 1.08 bits per heavy atom. The lowest BCUT2D eigenvalue weighted by atomic mass is 10.2. The first kappa shape index (κ1) is 17.2. The van der Waals surface area contributed by atoms with Gasteiger partial charge in [0.15, 0.2) is 0 Å². The van der Waals surface area contributed by atoms with E-state index in [9.17, 15) is 8.42 Å². The number of rotatable bonds is 7. The molecule has 0 fully saturated rings. The van der Waals surface area contributed by atoms with Gasteiger partial charge in [0.2, 0.25) is 15.9 Å². The minimum absolute atomic E-state index is 0.168. The van der Waals surface area contributed by atoms with Crippen LogP contribution in [0.4, 0.5) is 0 Å². The molecule has 3 aromatic rings. The highest BCUT2D eigenvalue weighted by Gasteiger charge is 2.14. The number of aromatic nitrogens is 3. The number of benzene rings is 1. The van der Waals surface area contributed by atoms with Crippen LogP contribution in [0.3, 0.4) is 0 Å². The summed E-state index contributed by atoms with van der Waals surface area (Å²) in [4.78, 5) is 4.37. The Balaban J connectivity index is 1.59. The van der Waals surface area contributed by atoms with Crippen LogP contribution in [-0.4, -0.2) is 30.1 Å². The van der Waals surface area contributed by atoms with Gasteiger partial charge in [-0.3, -0.25) is 4.98 Å². The molecule has 8 heteroatoms. The van der Waals surface area contributed by atoms with Crippen LogP contribution in [0.5, 0.6) is 0 Å². The highest BCUT2D eigenvalue weighted by molar-refractivity contribution is 7.89. The van der Waals surface area contributed by atoms with Gasteiger partial charge in [-0.25, -0.2) is 13.1 Å². The molecule has 2 aromatic heterocycles. The first-order valence-electron chi connectivity index (χ1n) is 7.91. The fourth-order valence-electron chi connectivity index (χ4n) is 2.23. The highest BCUT2D eigenvalue weighted by atomic mass is 32.2. The van der Waals surface area contributed by atoms with Crippen molar-refractivity contribution in [1.82, 2.24) is 19.9 Å². The van der Waals surface area contributed by atoms with Crippen molar-refractivity contribution in [1.29, 1.82) is 0 Å². The standard InChI is InChI=1S/C17H18N4O3S/c1-2-13-6-8-14(9-7-13)25(22,23)19-12-10-16-20-21-17(24-16)15-5-3-4-11-18-15/h3-9,11,19H,2,10,12H2,1H3. The molecular weight excluding hydrogens is 340 g/mol. The predicted molar refractivity (Wildman–Crippen MR) is 92.2 cm³/mol. The summed E-state index contributed by atoms with van der Waals surface area (Å²) in [7, 11) is -3.55. The molecule has 1 aromatic carbocycles. The zero-order valence-corrected chi connectivity index (χ0v) is 14.5. The van der Waals surface area contributed by atoms with Crippen LogP contribution in [0, 0.1) is 0 Å². The molecule has 0 radical (unpaired) electrons. The maximum atomic E-state index is 12.3. The first-order chi connectivity index (χ1) is 12.1. The molecule has 0 bridgehead atoms. The molecule has 1 N–H and O–H groups in total. The number of hydrogen-bond acceptors (Lipinski definition) is 6. The summed E-state index contributed by atoms with van der Waals surface area (Å²) in [6.07, 6.45) is 2.80. The van der Waals surface area contributed by atoms with E-state index in [-0.39, 0.29) is 11.4 Å². The Morgan fingerprint density at radius 3 is 2.56 bits per heavy atom. The van der Waals surface area contributed by atoms with Gasteiger partial charge in [-0.2, -0.15) is 0 Å². The molecule has 0 saturated heterocycles. The van der Waals surface area contributed by atoms with E-state index in [1.807, 2.05) is 25.1 Å². The van der Waals surface area contributed by atoms with Gasteiger partial charge in [0.25, 0.3) is 5.89 Å². The van der Waals surface area contributed by atoms with E-state index in [1.165, 1.54) is 0 Å². The molecule has 0 unspecified atom stereocenters. The lowest BCUT2D eigenvalue weighted by Gasteiger charge is -2.06. The smallest absolute Gasteiger partial charge is 0.266 e. The van der Waals surface area contributed by atoms with E-state index in [2.05, 4.69) is 19.9 Å². The summed E-state index contributed by atoms with van der Waals surface area (Å²) in [6.45, 7) is 2.19. The molecule has 0 aliphatic carbocycles. The summed E-state index contributed by atoms with van der Waals surface area (Å²) in [6, 6.07) is 12.2. The van der Waals surface area contributed by atoms with E-state index in [0.717, 1.165) is 12.0 Å². The summed E-state index contributed by atoms with van der Waals surface area (Å²) in [5.41, 5.74) is 1.67. The Kier molecular flexibility index (Phi) is 5.20. The van der Waals surface area contributed by atoms with Gasteiger partial charge in [-0.1, -0.05) is 25.1 Å². The number of aryl methyl sites for hydroxylation is 1. The van der Waals surface area contributed by atoms with Crippen molar-refractivity contribution in [2.75, 3.05) is 6.54 Å². The monoisotopic (exact) mass is 358 g/mol. The minimum atomic E-state index is -3.55. The number of nitrogens with zero attached hydrogens (tertiary/aromatic N) is 3. The normalized spacial score (nSPS) is 11.6. The Bertz CT molecular complexity index is 922. The van der Waals surface area contributed by atoms with Crippen LogP contribution in [0.1, 0.15) is 18.4 Å². The Hall–Kier alpha value is -2.58. The van der Waals surface area contributed by atoms with Crippen LogP contribution in [0.2, 0.25) is 0 Å². The van der Waals surface area contributed by atoms with Crippen molar-refractivity contribution in [2.24, 2.45) is 0 Å². The molecule has 7 nitrogen and oxygen atoms in total. The number of sulfonamides is 1. The second-order valence-corrected chi connectivity index (χ2v) is 7.13. The van der Waals surface area contributed by atoms with Crippen molar-refractivity contribution in [3.63, 3.8) is 0 Å². The van der Waals surface area contributed by atoms with Crippen molar-refractivity contribution in [3.8, 4) is 11.6 Å². The zero-order chi connectivity index (χ0) is 17.7. The summed E-state index contributed by atoms with van der Waals surface area (Å²) >= 11 is 0. The summed E-state index contributed by atoms with van der Waals surface area (Å²) < 4.78 is 32.6. The second kappa shape index (κ2) is 7.54. The second-order valence-electron chi connectivity index (χ2n) is 5.36. The van der Waals surface area contributed by atoms with Gasteiger partial charge < -0.3 is 4.42 Å². The lowest BCUT2D eigenvalue weighted by Crippen LogP contribution is -2.26. The average Bonchev–Trinajstić information content (AvgIpc) is 3.11. The van der Waals surface area contributed by atoms with Crippen LogP contribution in [-0.2, 0) is 22.9 Å². The molecule has 25 heavy (non-hydrogen) atoms. The van der Waals surface area contributed by atoms with Gasteiger partial charge in [0.05, 0.1) is 4.90 Å². The molecule has 0 amide bonds. The quantitative estimate of drug-likeness (QED) is 0.695. The van der Waals surface area contributed by atoms with Gasteiger partial charge in [0.1, 0.15) is 5.69 Å². The van der Waals surface area contributed by atoms with E-state index in [0.29, 0.717) is 23.9 Å². The topological polar surface area (TPSA) is 98.0 Å². The first-order valence-corrected chi connectivity index (χ1v) is 9.39. The van der Waals surface area contributed by atoms with E-state index >= 15 is 0 Å². The van der Waals surface area contributed by atoms with Crippen molar-refractivity contribution in [3.05, 3.63) is 60.1 Å². The predicted octanol–water partition coefficient (Wildman–Crippen LogP) is 2.21. The van der Waals surface area contributed by atoms with Crippen LogP contribution < -0.4 is 4.72 Å². The number of pyridine rings is 1. The average molecular weight is 358 g/mol. The molecule has 130 valence electrons. The fraction of sp³-hybridized carbons (Fsp3) is 0.235. The number of hydrogen-bond donors (Lipinski definition) is 1. The fourth-order valence-corrected chi connectivity index (χ4v) is 3.26. The van der Waals surface area contributed by atoms with Crippen molar-refractivity contribution in [2.45, 2.75) is 24.7 Å². The van der Waals surface area contributed by atoms with Gasteiger partial charge in [-0.15, -0.1) is 10.2 Å². The summed E-state index contributed by atoms with van der Waals surface area (Å²) in [5, 5.41) is 7.84. The van der Waals surface area contributed by atoms with Crippen LogP contribution in [0.15, 0.2) is 58.0 Å². The third-order valence-electron chi connectivity index (χ3n) is 3.62. The van der Waals surface area contributed by atoms with Crippen LogP contribution in [0.25, 0.3) is 11.6 Å². The van der Waals surface area contributed by atoms with Gasteiger partial charge in [-0.05, 0) is 36.2 Å². The van der Waals surface area contributed by atoms with E-state index in [1.54, 1.807) is 30.5 Å². The number of nitrogens with one attached hydrogen (secondary N) is 1. The molecule has 0 aliphatic heterocycles. The van der Waals surface area contributed by atoms with Crippen molar-refractivity contribution < 1.29 is 12.8 Å². The maximum absolute atomic E-state index is 12.3. The molecular formula is C17H18N4O3S. The Morgan fingerprint density at radius 2 is 1.88 bits per heavy atom. The minimum Gasteiger partial charge on any atom is -0.419 e. The molecule has 2 heterocycles.